The molecule has 1 aromatic carbocycles. The van der Waals surface area contributed by atoms with Crippen LogP contribution in [-0.2, 0) is 6.37 Å². The summed E-state index contributed by atoms with van der Waals surface area (Å²) in [5.41, 5.74) is 1.94. The minimum absolute atomic E-state index is 0.546. The van der Waals surface area contributed by atoms with Gasteiger partial charge in [0.05, 0.1) is 0 Å². The zero-order chi connectivity index (χ0) is 12.6. The highest BCUT2D eigenvalue weighted by molar-refractivity contribution is 5.40. The lowest BCUT2D eigenvalue weighted by Crippen LogP contribution is -1.93. The number of aromatic nitrogens is 2. The van der Waals surface area contributed by atoms with Gasteiger partial charge in [-0.1, -0.05) is 36.4 Å². The molecule has 2 heteroatoms. The van der Waals surface area contributed by atoms with Crippen LogP contribution in [0.5, 0.6) is 0 Å². The predicted molar refractivity (Wildman–Crippen MR) is 64.4 cm³/mol. The van der Waals surface area contributed by atoms with Crippen molar-refractivity contribution < 1.29 is 2.74 Å². The molecule has 0 aliphatic heterocycles. The first-order valence-electron chi connectivity index (χ1n) is 6.18. The van der Waals surface area contributed by atoms with Crippen LogP contribution < -0.4 is 0 Å². The van der Waals surface area contributed by atoms with Crippen LogP contribution in [0.2, 0.25) is 0 Å². The largest absolute Gasteiger partial charge is 0.304 e. The van der Waals surface area contributed by atoms with Gasteiger partial charge in [0.15, 0.2) is 0 Å². The molecule has 16 heavy (non-hydrogen) atoms. The van der Waals surface area contributed by atoms with E-state index >= 15 is 0 Å². The fourth-order valence-corrected chi connectivity index (χ4v) is 1.69. The first kappa shape index (κ1) is 7.23. The molecule has 2 nitrogen and oxygen atoms in total. The molecular weight excluding hydrogens is 196 g/mol. The molecule has 0 spiro atoms. The molecule has 0 saturated heterocycles. The van der Waals surface area contributed by atoms with Gasteiger partial charge in [0, 0.05) is 27.2 Å². The first-order chi connectivity index (χ1) is 8.69. The summed E-state index contributed by atoms with van der Waals surface area (Å²) in [5.74, 6) is 0. The summed E-state index contributed by atoms with van der Waals surface area (Å²) in [4.78, 5) is 4.23. The van der Waals surface area contributed by atoms with Gasteiger partial charge in [0.2, 0.25) is 0 Å². The third-order valence-corrected chi connectivity index (χ3v) is 2.46. The molecule has 78 valence electrons. The summed E-state index contributed by atoms with van der Waals surface area (Å²) in [7, 11) is 0. The summed E-state index contributed by atoms with van der Waals surface area (Å²) in [5, 5.41) is 0. The molecule has 0 fully saturated rings. The monoisotopic (exact) mass is 210 g/mol. The highest BCUT2D eigenvalue weighted by Gasteiger charge is 2.02. The topological polar surface area (TPSA) is 17.3 Å². The average Bonchev–Trinajstić information content (AvgIpc) is 2.84. The molecular formula is C14H12N2. The van der Waals surface area contributed by atoms with Crippen LogP contribution in [0.1, 0.15) is 14.0 Å². The van der Waals surface area contributed by atoms with Gasteiger partial charge in [-0.3, -0.25) is 0 Å². The smallest absolute Gasteiger partial charge is 0.136 e. The fraction of sp³-hybridized carbons (Fsp3) is 0.0714. The van der Waals surface area contributed by atoms with Crippen molar-refractivity contribution in [3.8, 4) is 0 Å². The van der Waals surface area contributed by atoms with Crippen LogP contribution in [0.15, 0.2) is 60.9 Å². The quantitative estimate of drug-likeness (QED) is 0.635. The lowest BCUT2D eigenvalue weighted by molar-refractivity contribution is 1.03. The summed E-state index contributed by atoms with van der Waals surface area (Å²) in [6.07, 6.45) is 1.88. The van der Waals surface area contributed by atoms with Gasteiger partial charge in [-0.25, -0.2) is 4.98 Å². The number of fused-ring (bicyclic) bond motifs is 1. The Morgan fingerprint density at radius 2 is 1.88 bits per heavy atom. The van der Waals surface area contributed by atoms with E-state index in [1.807, 2.05) is 42.6 Å². The number of rotatable bonds is 2. The van der Waals surface area contributed by atoms with Crippen molar-refractivity contribution in [2.75, 3.05) is 0 Å². The first-order valence-corrected chi connectivity index (χ1v) is 5.18. The zero-order valence-corrected chi connectivity index (χ0v) is 8.67. The van der Waals surface area contributed by atoms with Crippen molar-refractivity contribution in [2.45, 2.75) is 6.37 Å². The van der Waals surface area contributed by atoms with Crippen molar-refractivity contribution in [2.24, 2.45) is 0 Å². The van der Waals surface area contributed by atoms with E-state index < -0.39 is 6.37 Å². The van der Waals surface area contributed by atoms with Crippen molar-refractivity contribution in [1.29, 1.82) is 0 Å². The third kappa shape index (κ3) is 1.58. The molecule has 0 aliphatic carbocycles. The minimum Gasteiger partial charge on any atom is -0.304 e. The summed E-state index contributed by atoms with van der Waals surface area (Å²) >= 11 is 0. The second-order valence-corrected chi connectivity index (χ2v) is 3.56. The molecule has 0 radical (unpaired) electrons. The lowest BCUT2D eigenvalue weighted by atomic mass is 10.1. The third-order valence-electron chi connectivity index (χ3n) is 2.46. The van der Waals surface area contributed by atoms with Gasteiger partial charge in [-0.2, -0.15) is 0 Å². The van der Waals surface area contributed by atoms with Gasteiger partial charge in [-0.15, -0.1) is 0 Å². The predicted octanol–water partition coefficient (Wildman–Crippen LogP) is 2.93. The number of hydrogen-bond donors (Lipinski definition) is 0. The van der Waals surface area contributed by atoms with Crippen molar-refractivity contribution >= 4 is 5.65 Å². The molecule has 0 atom stereocenters. The van der Waals surface area contributed by atoms with E-state index in [2.05, 4.69) is 4.98 Å². The van der Waals surface area contributed by atoms with Crippen LogP contribution in [0.25, 0.3) is 5.65 Å². The molecule has 0 unspecified atom stereocenters. The lowest BCUT2D eigenvalue weighted by Gasteiger charge is -2.01. The van der Waals surface area contributed by atoms with Gasteiger partial charge in [0.1, 0.15) is 5.65 Å². The average molecular weight is 210 g/mol. The Hall–Kier alpha value is -2.09. The Kier molecular flexibility index (Phi) is 1.72. The van der Waals surface area contributed by atoms with E-state index in [4.69, 9.17) is 2.74 Å². The van der Waals surface area contributed by atoms with E-state index in [1.54, 1.807) is 22.7 Å². The van der Waals surface area contributed by atoms with Crippen LogP contribution in [0.3, 0.4) is 0 Å². The molecule has 0 N–H and O–H groups in total. The summed E-state index contributed by atoms with van der Waals surface area (Å²) < 4.78 is 18.4. The maximum atomic E-state index is 8.31. The summed E-state index contributed by atoms with van der Waals surface area (Å²) in [6.45, 7) is 0. The summed E-state index contributed by atoms with van der Waals surface area (Å²) in [6, 6.07) is 14.8. The van der Waals surface area contributed by atoms with Gasteiger partial charge >= 0.3 is 0 Å². The molecule has 0 bridgehead atoms. The molecule has 2 heterocycles. The van der Waals surface area contributed by atoms with Crippen LogP contribution >= 0.6 is 0 Å². The second-order valence-electron chi connectivity index (χ2n) is 3.56. The molecule has 0 amide bonds. The molecule has 3 aromatic rings. The minimum atomic E-state index is -1.55. The highest BCUT2D eigenvalue weighted by Crippen LogP contribution is 2.11. The molecule has 2 aromatic heterocycles. The number of pyridine rings is 1. The van der Waals surface area contributed by atoms with E-state index in [0.29, 0.717) is 11.3 Å². The van der Waals surface area contributed by atoms with Gasteiger partial charge in [-0.05, 0) is 17.7 Å². The SMILES string of the molecule is [2H]C([2H])(c1ccccc1)c1cnc2ccccn12. The number of nitrogens with zero attached hydrogens (tertiary/aromatic N) is 2. The van der Waals surface area contributed by atoms with Crippen LogP contribution in [-0.4, -0.2) is 9.38 Å². The standard InChI is InChI=1S/C14H12N2/c1-2-6-12(7-3-1)10-13-11-15-14-8-4-5-9-16(13)14/h1-9,11H,10H2/i10D2. The van der Waals surface area contributed by atoms with Crippen molar-refractivity contribution in [3.05, 3.63) is 72.2 Å². The number of benzene rings is 1. The maximum absolute atomic E-state index is 8.31. The van der Waals surface area contributed by atoms with Gasteiger partial charge < -0.3 is 4.40 Å². The zero-order valence-electron chi connectivity index (χ0n) is 10.7. The maximum Gasteiger partial charge on any atom is 0.136 e. The number of hydrogen-bond acceptors (Lipinski definition) is 1. The van der Waals surface area contributed by atoms with Crippen molar-refractivity contribution in [3.63, 3.8) is 0 Å². The van der Waals surface area contributed by atoms with Gasteiger partial charge in [0.25, 0.3) is 0 Å². The van der Waals surface area contributed by atoms with Crippen molar-refractivity contribution in [1.82, 2.24) is 9.38 Å². The van der Waals surface area contributed by atoms with Crippen LogP contribution in [0.4, 0.5) is 0 Å². The molecule has 3 rings (SSSR count). The molecule has 0 aliphatic rings. The Morgan fingerprint density at radius 3 is 2.75 bits per heavy atom. The van der Waals surface area contributed by atoms with E-state index in [0.717, 1.165) is 5.65 Å². The second kappa shape index (κ2) is 3.81. The Bertz CT molecular complexity index is 674. The number of imidazole rings is 1. The van der Waals surface area contributed by atoms with Crippen LogP contribution in [0, 0.1) is 0 Å². The fourth-order valence-electron chi connectivity index (χ4n) is 1.69. The normalized spacial score (nSPS) is 13.5. The Labute approximate surface area is 97.0 Å². The van der Waals surface area contributed by atoms with E-state index in [9.17, 15) is 0 Å². The van der Waals surface area contributed by atoms with E-state index in [1.165, 1.54) is 0 Å². The van der Waals surface area contributed by atoms with E-state index in [-0.39, 0.29) is 0 Å². The molecule has 0 saturated carbocycles. The highest BCUT2D eigenvalue weighted by atomic mass is 15.0. The Morgan fingerprint density at radius 1 is 1.06 bits per heavy atom. The Balaban J connectivity index is 2.20.